The number of nitrogen functional groups attached to an aromatic ring is 1. The van der Waals surface area contributed by atoms with Crippen molar-refractivity contribution >= 4 is 16.7 Å². The van der Waals surface area contributed by atoms with Crippen molar-refractivity contribution in [3.05, 3.63) is 24.0 Å². The summed E-state index contributed by atoms with van der Waals surface area (Å²) in [5, 5.41) is 0. The van der Waals surface area contributed by atoms with Gasteiger partial charge in [-0.25, -0.2) is 4.98 Å². The van der Waals surface area contributed by atoms with E-state index in [4.69, 9.17) is 5.73 Å². The van der Waals surface area contributed by atoms with Crippen LogP contribution in [0.25, 0.3) is 11.0 Å². The van der Waals surface area contributed by atoms with Crippen LogP contribution in [0.3, 0.4) is 0 Å². The van der Waals surface area contributed by atoms with Crippen molar-refractivity contribution in [2.75, 3.05) is 5.73 Å². The minimum atomic E-state index is 0.772. The van der Waals surface area contributed by atoms with Crippen LogP contribution in [0, 0.1) is 0 Å². The molecule has 1 heterocycles. The lowest BCUT2D eigenvalue weighted by atomic mass is 10.3. The van der Waals surface area contributed by atoms with Crippen molar-refractivity contribution in [3.8, 4) is 0 Å². The molecule has 1 aromatic carbocycles. The lowest BCUT2D eigenvalue weighted by Gasteiger charge is -1.97. The zero-order chi connectivity index (χ0) is 9.42. The molecule has 0 unspecified atom stereocenters. The van der Waals surface area contributed by atoms with E-state index in [9.17, 15) is 0 Å². The summed E-state index contributed by atoms with van der Waals surface area (Å²) in [7, 11) is 2.03. The fourth-order valence-electron chi connectivity index (χ4n) is 1.58. The van der Waals surface area contributed by atoms with Crippen molar-refractivity contribution in [1.82, 2.24) is 9.55 Å². The van der Waals surface area contributed by atoms with Gasteiger partial charge in [0.25, 0.3) is 0 Å². The lowest BCUT2D eigenvalue weighted by molar-refractivity contribution is 0.829. The summed E-state index contributed by atoms with van der Waals surface area (Å²) in [5.74, 6) is 1.10. The Kier molecular flexibility index (Phi) is 1.72. The molecular formula is C10H13N3. The number of rotatable bonds is 1. The van der Waals surface area contributed by atoms with E-state index in [1.165, 1.54) is 0 Å². The van der Waals surface area contributed by atoms with Gasteiger partial charge in [-0.3, -0.25) is 0 Å². The van der Waals surface area contributed by atoms with Crippen molar-refractivity contribution in [1.29, 1.82) is 0 Å². The molecule has 1 aromatic heterocycles. The molecule has 0 bridgehead atoms. The quantitative estimate of drug-likeness (QED) is 0.670. The van der Waals surface area contributed by atoms with Gasteiger partial charge in [0.1, 0.15) is 5.82 Å². The van der Waals surface area contributed by atoms with Gasteiger partial charge in [-0.05, 0) is 18.2 Å². The Morgan fingerprint density at radius 3 is 2.92 bits per heavy atom. The molecule has 0 radical (unpaired) electrons. The van der Waals surface area contributed by atoms with Crippen LogP contribution < -0.4 is 5.73 Å². The maximum absolute atomic E-state index is 5.68. The van der Waals surface area contributed by atoms with E-state index in [-0.39, 0.29) is 0 Å². The lowest BCUT2D eigenvalue weighted by Crippen LogP contribution is -1.94. The average molecular weight is 175 g/mol. The molecule has 0 aliphatic rings. The smallest absolute Gasteiger partial charge is 0.109 e. The first-order valence-corrected chi connectivity index (χ1v) is 4.43. The van der Waals surface area contributed by atoms with Crippen LogP contribution in [0.2, 0.25) is 0 Å². The first-order chi connectivity index (χ1) is 6.22. The Hall–Kier alpha value is -1.51. The van der Waals surface area contributed by atoms with Crippen LogP contribution in [0.4, 0.5) is 5.69 Å². The topological polar surface area (TPSA) is 43.8 Å². The van der Waals surface area contributed by atoms with Gasteiger partial charge < -0.3 is 10.3 Å². The normalized spacial score (nSPS) is 10.9. The second-order valence-corrected chi connectivity index (χ2v) is 3.19. The molecule has 0 aliphatic heterocycles. The van der Waals surface area contributed by atoms with Crippen LogP contribution in [0.15, 0.2) is 18.2 Å². The molecule has 0 saturated heterocycles. The van der Waals surface area contributed by atoms with E-state index in [0.29, 0.717) is 0 Å². The second-order valence-electron chi connectivity index (χ2n) is 3.19. The summed E-state index contributed by atoms with van der Waals surface area (Å²) in [6.07, 6.45) is 0.949. The van der Waals surface area contributed by atoms with Gasteiger partial charge in [0.2, 0.25) is 0 Å². The molecule has 2 aromatic rings. The third kappa shape index (κ3) is 1.16. The molecule has 0 amide bonds. The van der Waals surface area contributed by atoms with Crippen LogP contribution in [0.1, 0.15) is 12.7 Å². The molecule has 0 saturated carbocycles. The highest BCUT2D eigenvalue weighted by atomic mass is 15.1. The van der Waals surface area contributed by atoms with Crippen molar-refractivity contribution < 1.29 is 0 Å². The number of nitrogens with two attached hydrogens (primary N) is 1. The van der Waals surface area contributed by atoms with Gasteiger partial charge >= 0.3 is 0 Å². The van der Waals surface area contributed by atoms with Crippen LogP contribution >= 0.6 is 0 Å². The van der Waals surface area contributed by atoms with Gasteiger partial charge in [-0.2, -0.15) is 0 Å². The number of imidazole rings is 1. The van der Waals surface area contributed by atoms with E-state index in [0.717, 1.165) is 29.0 Å². The van der Waals surface area contributed by atoms with Gasteiger partial charge in [0.05, 0.1) is 11.0 Å². The van der Waals surface area contributed by atoms with E-state index < -0.39 is 0 Å². The number of anilines is 1. The summed E-state index contributed by atoms with van der Waals surface area (Å²) in [4.78, 5) is 4.47. The van der Waals surface area contributed by atoms with E-state index in [1.807, 2.05) is 25.2 Å². The van der Waals surface area contributed by atoms with Crippen molar-refractivity contribution in [2.24, 2.45) is 7.05 Å². The zero-order valence-corrected chi connectivity index (χ0v) is 7.91. The number of hydrogen-bond donors (Lipinski definition) is 1. The monoisotopic (exact) mass is 175 g/mol. The largest absolute Gasteiger partial charge is 0.399 e. The highest BCUT2D eigenvalue weighted by Gasteiger charge is 2.04. The molecule has 13 heavy (non-hydrogen) atoms. The van der Waals surface area contributed by atoms with Crippen LogP contribution in [0.5, 0.6) is 0 Å². The minimum absolute atomic E-state index is 0.772. The highest BCUT2D eigenvalue weighted by Crippen LogP contribution is 2.17. The predicted octanol–water partition coefficient (Wildman–Crippen LogP) is 1.72. The molecule has 68 valence electrons. The molecule has 2 N–H and O–H groups in total. The Labute approximate surface area is 77.2 Å². The van der Waals surface area contributed by atoms with Crippen molar-refractivity contribution in [3.63, 3.8) is 0 Å². The standard InChI is InChI=1S/C10H13N3/c1-3-10-12-8-6-7(11)4-5-9(8)13(10)2/h4-6H,3,11H2,1-2H3. The molecule has 3 nitrogen and oxygen atoms in total. The van der Waals surface area contributed by atoms with E-state index in [2.05, 4.69) is 16.5 Å². The van der Waals surface area contributed by atoms with Gasteiger partial charge in [-0.1, -0.05) is 6.92 Å². The van der Waals surface area contributed by atoms with Crippen LogP contribution in [-0.4, -0.2) is 9.55 Å². The zero-order valence-electron chi connectivity index (χ0n) is 7.91. The highest BCUT2D eigenvalue weighted by molar-refractivity contribution is 5.79. The van der Waals surface area contributed by atoms with Gasteiger partial charge in [0.15, 0.2) is 0 Å². The fraction of sp³-hybridized carbons (Fsp3) is 0.300. The van der Waals surface area contributed by atoms with Crippen molar-refractivity contribution in [2.45, 2.75) is 13.3 Å². The maximum atomic E-state index is 5.68. The molecule has 2 rings (SSSR count). The predicted molar refractivity (Wildman–Crippen MR) is 54.5 cm³/mol. The third-order valence-electron chi connectivity index (χ3n) is 2.31. The number of fused-ring (bicyclic) bond motifs is 1. The van der Waals surface area contributed by atoms with E-state index in [1.54, 1.807) is 0 Å². The number of nitrogens with zero attached hydrogens (tertiary/aromatic N) is 2. The summed E-state index contributed by atoms with van der Waals surface area (Å²) in [6, 6.07) is 5.83. The number of aromatic nitrogens is 2. The first-order valence-electron chi connectivity index (χ1n) is 4.43. The summed E-state index contributed by atoms with van der Waals surface area (Å²) in [6.45, 7) is 2.10. The summed E-state index contributed by atoms with van der Waals surface area (Å²) in [5.41, 5.74) is 8.58. The Morgan fingerprint density at radius 1 is 1.46 bits per heavy atom. The average Bonchev–Trinajstić information content (AvgIpc) is 2.42. The molecule has 0 atom stereocenters. The number of benzene rings is 1. The molecular weight excluding hydrogens is 162 g/mol. The molecule has 0 spiro atoms. The molecule has 0 aliphatic carbocycles. The Morgan fingerprint density at radius 2 is 2.23 bits per heavy atom. The summed E-state index contributed by atoms with van der Waals surface area (Å²) >= 11 is 0. The van der Waals surface area contributed by atoms with Crippen LogP contribution in [-0.2, 0) is 13.5 Å². The van der Waals surface area contributed by atoms with Gasteiger partial charge in [-0.15, -0.1) is 0 Å². The third-order valence-corrected chi connectivity index (χ3v) is 2.31. The summed E-state index contributed by atoms with van der Waals surface area (Å²) < 4.78 is 2.11. The number of hydrogen-bond acceptors (Lipinski definition) is 2. The first kappa shape index (κ1) is 8.10. The SMILES string of the molecule is CCc1nc2cc(N)ccc2n1C. The molecule has 3 heteroatoms. The fourth-order valence-corrected chi connectivity index (χ4v) is 1.58. The Balaban J connectivity index is 2.76. The second kappa shape index (κ2) is 2.76. The minimum Gasteiger partial charge on any atom is -0.399 e. The maximum Gasteiger partial charge on any atom is 0.109 e. The van der Waals surface area contributed by atoms with Gasteiger partial charge in [0, 0.05) is 19.2 Å². The van der Waals surface area contributed by atoms with E-state index >= 15 is 0 Å². The molecule has 0 fully saturated rings. The number of aryl methyl sites for hydroxylation is 2. The Bertz CT molecular complexity index is 443.